The minimum atomic E-state index is 0.465. The molecule has 0 spiro atoms. The molecular formula is C13H25N. The van der Waals surface area contributed by atoms with E-state index in [0.29, 0.717) is 11.0 Å². The number of hydrogen-bond acceptors (Lipinski definition) is 1. The fourth-order valence-electron chi connectivity index (χ4n) is 3.66. The Morgan fingerprint density at radius 2 is 1.57 bits per heavy atom. The molecule has 2 aliphatic heterocycles. The second-order valence-electron chi connectivity index (χ2n) is 6.39. The summed E-state index contributed by atoms with van der Waals surface area (Å²) < 4.78 is 0. The summed E-state index contributed by atoms with van der Waals surface area (Å²) in [5, 5.41) is 0. The standard InChI is InChI=1S/C13H25N/c1-11(12(2,3)4)13-7-5-9-14(13)10-6-8-13/h11H,5-10H2,1-4H3. The Balaban J connectivity index is 2.22. The SMILES string of the molecule is CC(C(C)(C)C)C12CCCN1CCC2. The van der Waals surface area contributed by atoms with Gasteiger partial charge in [-0.15, -0.1) is 0 Å². The third kappa shape index (κ3) is 1.41. The molecule has 1 nitrogen and oxygen atoms in total. The summed E-state index contributed by atoms with van der Waals surface area (Å²) in [7, 11) is 0. The first-order chi connectivity index (χ1) is 6.47. The van der Waals surface area contributed by atoms with Crippen molar-refractivity contribution in [2.45, 2.75) is 58.9 Å². The molecular weight excluding hydrogens is 170 g/mol. The molecule has 0 bridgehead atoms. The van der Waals surface area contributed by atoms with Gasteiger partial charge in [0, 0.05) is 5.54 Å². The number of fused-ring (bicyclic) bond motifs is 1. The summed E-state index contributed by atoms with van der Waals surface area (Å²) >= 11 is 0. The first-order valence-electron chi connectivity index (χ1n) is 6.22. The predicted octanol–water partition coefficient (Wildman–Crippen LogP) is 3.30. The molecule has 1 atom stereocenters. The van der Waals surface area contributed by atoms with Crippen LogP contribution in [0, 0.1) is 11.3 Å². The van der Waals surface area contributed by atoms with Gasteiger partial charge in [-0.05, 0) is 50.1 Å². The van der Waals surface area contributed by atoms with Crippen LogP contribution >= 0.6 is 0 Å². The van der Waals surface area contributed by atoms with Crippen LogP contribution < -0.4 is 0 Å². The van der Waals surface area contributed by atoms with E-state index in [4.69, 9.17) is 0 Å². The molecule has 0 aromatic rings. The van der Waals surface area contributed by atoms with E-state index in [9.17, 15) is 0 Å². The normalized spacial score (nSPS) is 29.1. The summed E-state index contributed by atoms with van der Waals surface area (Å²) in [6, 6.07) is 0. The number of nitrogens with zero attached hydrogens (tertiary/aromatic N) is 1. The van der Waals surface area contributed by atoms with Crippen LogP contribution in [0.25, 0.3) is 0 Å². The lowest BCUT2D eigenvalue weighted by Crippen LogP contribution is -2.48. The molecule has 0 radical (unpaired) electrons. The van der Waals surface area contributed by atoms with Gasteiger partial charge in [-0.2, -0.15) is 0 Å². The molecule has 2 saturated heterocycles. The van der Waals surface area contributed by atoms with Crippen LogP contribution in [0.5, 0.6) is 0 Å². The highest BCUT2D eigenvalue weighted by Gasteiger charge is 2.50. The minimum absolute atomic E-state index is 0.465. The van der Waals surface area contributed by atoms with Crippen LogP contribution in [-0.2, 0) is 0 Å². The second kappa shape index (κ2) is 3.23. The fourth-order valence-corrected chi connectivity index (χ4v) is 3.66. The first-order valence-corrected chi connectivity index (χ1v) is 6.22. The Morgan fingerprint density at radius 1 is 1.07 bits per heavy atom. The van der Waals surface area contributed by atoms with Gasteiger partial charge in [0.1, 0.15) is 0 Å². The molecule has 0 saturated carbocycles. The molecule has 82 valence electrons. The lowest BCUT2D eigenvalue weighted by molar-refractivity contribution is 0.0538. The van der Waals surface area contributed by atoms with E-state index in [1.807, 2.05) is 0 Å². The number of rotatable bonds is 1. The molecule has 1 unspecified atom stereocenters. The predicted molar refractivity (Wildman–Crippen MR) is 61.4 cm³/mol. The highest BCUT2D eigenvalue weighted by molar-refractivity contribution is 5.05. The van der Waals surface area contributed by atoms with E-state index in [0.717, 1.165) is 5.92 Å². The van der Waals surface area contributed by atoms with Gasteiger partial charge in [0.2, 0.25) is 0 Å². The van der Waals surface area contributed by atoms with E-state index in [1.165, 1.54) is 38.8 Å². The van der Waals surface area contributed by atoms with Crippen molar-refractivity contribution in [3.8, 4) is 0 Å². The number of hydrogen-bond donors (Lipinski definition) is 0. The zero-order valence-electron chi connectivity index (χ0n) is 10.3. The van der Waals surface area contributed by atoms with Crippen LogP contribution in [-0.4, -0.2) is 23.5 Å². The average Bonchev–Trinajstić information content (AvgIpc) is 2.57. The Hall–Kier alpha value is -0.0400. The molecule has 0 aromatic heterocycles. The Kier molecular flexibility index (Phi) is 2.42. The van der Waals surface area contributed by atoms with Crippen LogP contribution in [0.1, 0.15) is 53.4 Å². The smallest absolute Gasteiger partial charge is 0.0241 e. The maximum absolute atomic E-state index is 2.78. The van der Waals surface area contributed by atoms with Crippen molar-refractivity contribution in [2.75, 3.05) is 13.1 Å². The topological polar surface area (TPSA) is 3.24 Å². The lowest BCUT2D eigenvalue weighted by Gasteiger charge is -2.45. The van der Waals surface area contributed by atoms with Crippen LogP contribution in [0.15, 0.2) is 0 Å². The van der Waals surface area contributed by atoms with Crippen molar-refractivity contribution in [2.24, 2.45) is 11.3 Å². The highest BCUT2D eigenvalue weighted by Crippen LogP contribution is 2.49. The third-order valence-electron chi connectivity index (χ3n) is 4.81. The molecule has 0 amide bonds. The summed E-state index contributed by atoms with van der Waals surface area (Å²) in [4.78, 5) is 2.78. The quantitative estimate of drug-likeness (QED) is 0.620. The Morgan fingerprint density at radius 3 is 2.00 bits per heavy atom. The maximum atomic E-state index is 2.78. The maximum Gasteiger partial charge on any atom is 0.0241 e. The van der Waals surface area contributed by atoms with E-state index in [2.05, 4.69) is 32.6 Å². The van der Waals surface area contributed by atoms with E-state index in [-0.39, 0.29) is 0 Å². The average molecular weight is 195 g/mol. The van der Waals surface area contributed by atoms with Crippen molar-refractivity contribution in [3.63, 3.8) is 0 Å². The third-order valence-corrected chi connectivity index (χ3v) is 4.81. The van der Waals surface area contributed by atoms with Crippen LogP contribution in [0.2, 0.25) is 0 Å². The molecule has 0 aliphatic carbocycles. The molecule has 2 aliphatic rings. The van der Waals surface area contributed by atoms with Gasteiger partial charge < -0.3 is 0 Å². The van der Waals surface area contributed by atoms with Crippen LogP contribution in [0.4, 0.5) is 0 Å². The van der Waals surface area contributed by atoms with Gasteiger partial charge in [0.25, 0.3) is 0 Å². The van der Waals surface area contributed by atoms with Gasteiger partial charge in [-0.1, -0.05) is 27.7 Å². The van der Waals surface area contributed by atoms with Gasteiger partial charge in [-0.25, -0.2) is 0 Å². The van der Waals surface area contributed by atoms with Crippen LogP contribution in [0.3, 0.4) is 0 Å². The summed E-state index contributed by atoms with van der Waals surface area (Å²) in [6.45, 7) is 12.4. The van der Waals surface area contributed by atoms with Crippen molar-refractivity contribution in [1.29, 1.82) is 0 Å². The zero-order chi connectivity index (χ0) is 10.4. The van der Waals surface area contributed by atoms with Crippen molar-refractivity contribution in [3.05, 3.63) is 0 Å². The van der Waals surface area contributed by atoms with Crippen molar-refractivity contribution >= 4 is 0 Å². The van der Waals surface area contributed by atoms with E-state index >= 15 is 0 Å². The molecule has 0 aromatic carbocycles. The molecule has 14 heavy (non-hydrogen) atoms. The Labute approximate surface area is 88.9 Å². The van der Waals surface area contributed by atoms with Gasteiger partial charge in [0.05, 0.1) is 0 Å². The monoisotopic (exact) mass is 195 g/mol. The minimum Gasteiger partial charge on any atom is -0.297 e. The second-order valence-corrected chi connectivity index (χ2v) is 6.39. The van der Waals surface area contributed by atoms with Gasteiger partial charge >= 0.3 is 0 Å². The van der Waals surface area contributed by atoms with Crippen molar-refractivity contribution in [1.82, 2.24) is 4.90 Å². The molecule has 2 rings (SSSR count). The first kappa shape index (κ1) is 10.5. The molecule has 2 fully saturated rings. The largest absolute Gasteiger partial charge is 0.297 e. The van der Waals surface area contributed by atoms with E-state index in [1.54, 1.807) is 0 Å². The fraction of sp³-hybridized carbons (Fsp3) is 1.00. The molecule has 0 N–H and O–H groups in total. The van der Waals surface area contributed by atoms with Gasteiger partial charge in [-0.3, -0.25) is 4.90 Å². The van der Waals surface area contributed by atoms with Gasteiger partial charge in [0.15, 0.2) is 0 Å². The highest BCUT2D eigenvalue weighted by atomic mass is 15.2. The molecule has 1 heteroatoms. The summed E-state index contributed by atoms with van der Waals surface area (Å²) in [5.74, 6) is 0.833. The molecule has 2 heterocycles. The lowest BCUT2D eigenvalue weighted by atomic mass is 9.68. The van der Waals surface area contributed by atoms with Crippen molar-refractivity contribution < 1.29 is 0 Å². The van der Waals surface area contributed by atoms with E-state index < -0.39 is 0 Å². The summed E-state index contributed by atoms with van der Waals surface area (Å²) in [6.07, 6.45) is 5.76. The Bertz CT molecular complexity index is 204. The summed E-state index contributed by atoms with van der Waals surface area (Å²) in [5.41, 5.74) is 1.05. The zero-order valence-corrected chi connectivity index (χ0v) is 10.3.